The second kappa shape index (κ2) is 13.5. The molecule has 52 heavy (non-hydrogen) atoms. The summed E-state index contributed by atoms with van der Waals surface area (Å²) in [5.41, 5.74) is 19.6. The van der Waals surface area contributed by atoms with Gasteiger partial charge in [-0.05, 0) is 89.4 Å². The van der Waals surface area contributed by atoms with E-state index in [4.69, 9.17) is 9.97 Å². The fraction of sp³-hybridized carbons (Fsp3) is 0.0698. The molecule has 0 aromatic carbocycles. The maximum Gasteiger partial charge on any atom is 0.260 e. The number of pyridine rings is 4. The van der Waals surface area contributed by atoms with Crippen LogP contribution < -0.4 is 20.3 Å². The molecule has 9 rings (SSSR count). The Morgan fingerprint density at radius 1 is 0.538 bits per heavy atom. The first-order valence-corrected chi connectivity index (χ1v) is 17.5. The van der Waals surface area contributed by atoms with Gasteiger partial charge in [-0.25, -0.2) is 19.9 Å². The van der Waals surface area contributed by atoms with Gasteiger partial charge in [0, 0.05) is 88.5 Å². The number of hydrogen-bond acceptors (Lipinski definition) is 3. The monoisotopic (exact) mass is 679 g/mol. The van der Waals surface area contributed by atoms with E-state index in [1.54, 1.807) is 0 Å². The van der Waals surface area contributed by atoms with Gasteiger partial charge in [0.25, 0.3) is 5.69 Å². The Bertz CT molecular complexity index is 2600. The molecule has 9 heterocycles. The molecule has 8 bridgehead atoms. The Hall–Kier alpha value is -6.84. The highest BCUT2D eigenvalue weighted by Crippen LogP contribution is 2.36. The zero-order chi connectivity index (χ0) is 34.9. The van der Waals surface area contributed by atoms with E-state index in [-0.39, 0.29) is 0 Å². The van der Waals surface area contributed by atoms with Crippen LogP contribution in [0.1, 0.15) is 34.8 Å². The predicted molar refractivity (Wildman–Crippen MR) is 204 cm³/mol. The Kier molecular flexibility index (Phi) is 8.07. The fourth-order valence-electron chi connectivity index (χ4n) is 7.10. The molecule has 0 spiro atoms. The molecule has 0 fully saturated rings. The third-order valence-corrected chi connectivity index (χ3v) is 9.58. The van der Waals surface area contributed by atoms with Gasteiger partial charge in [-0.2, -0.15) is 4.57 Å². The van der Waals surface area contributed by atoms with E-state index in [0.717, 1.165) is 103 Å². The number of rotatable bonds is 7. The van der Waals surface area contributed by atoms with Crippen molar-refractivity contribution < 1.29 is 20.3 Å². The van der Waals surface area contributed by atoms with E-state index in [2.05, 4.69) is 133 Å². The molecule has 2 aliphatic heterocycles. The summed E-state index contributed by atoms with van der Waals surface area (Å²) in [4.78, 5) is 29.0. The van der Waals surface area contributed by atoms with Gasteiger partial charge in [-0.1, -0.05) is 0 Å². The maximum atomic E-state index is 5.37. The largest absolute Gasteiger partial charge is 0.358 e. The Morgan fingerprint density at radius 2 is 1.00 bits per heavy atom. The lowest BCUT2D eigenvalue weighted by atomic mass is 10.1. The number of hydrogen-bond donors (Lipinski definition) is 3. The summed E-state index contributed by atoms with van der Waals surface area (Å²) in [7, 11) is 0. The number of quaternary nitrogens is 1. The molecule has 9 heteroatoms. The van der Waals surface area contributed by atoms with Crippen LogP contribution in [0.25, 0.3) is 85.4 Å². The van der Waals surface area contributed by atoms with Gasteiger partial charge in [0.15, 0.2) is 37.2 Å². The normalized spacial score (nSPS) is 12.0. The third-order valence-electron chi connectivity index (χ3n) is 9.58. The van der Waals surface area contributed by atoms with Crippen LogP contribution in [0.2, 0.25) is 0 Å². The van der Waals surface area contributed by atoms with E-state index in [0.29, 0.717) is 0 Å². The van der Waals surface area contributed by atoms with Crippen molar-refractivity contribution in [1.82, 2.24) is 24.9 Å². The summed E-state index contributed by atoms with van der Waals surface area (Å²) in [5, 5.41) is 0. The van der Waals surface area contributed by atoms with Gasteiger partial charge in [0.1, 0.15) is 11.2 Å². The molecule has 7 N–H and O–H groups in total. The van der Waals surface area contributed by atoms with Crippen molar-refractivity contribution >= 4 is 46.4 Å². The first-order chi connectivity index (χ1) is 25.7. The van der Waals surface area contributed by atoms with Gasteiger partial charge in [-0.3, -0.25) is 4.98 Å². The molecule has 0 radical (unpaired) electrons. The second-order valence-corrected chi connectivity index (χ2v) is 12.9. The van der Waals surface area contributed by atoms with Crippen LogP contribution in [0.4, 0.5) is 0 Å². The van der Waals surface area contributed by atoms with Gasteiger partial charge >= 0.3 is 0 Å². The molecule has 9 nitrogen and oxygen atoms in total. The van der Waals surface area contributed by atoms with Crippen LogP contribution in [-0.4, -0.2) is 31.5 Å². The second-order valence-electron chi connectivity index (χ2n) is 12.9. The Labute approximate surface area is 300 Å². The highest BCUT2D eigenvalue weighted by atomic mass is 15.0. The summed E-state index contributed by atoms with van der Waals surface area (Å²) in [6, 6.07) is 25.3. The number of aromatic amines is 4. The van der Waals surface area contributed by atoms with E-state index in [1.807, 2.05) is 49.3 Å². The molecular weight excluding hydrogens is 643 g/mol. The first kappa shape index (κ1) is 31.2. The number of H-pyrrole nitrogens is 4. The Morgan fingerprint density at radius 3 is 1.54 bits per heavy atom. The molecule has 0 unspecified atom stereocenters. The first-order valence-electron chi connectivity index (χ1n) is 17.5. The quantitative estimate of drug-likeness (QED) is 0.175. The smallest absolute Gasteiger partial charge is 0.260 e. The molecule has 7 aromatic heterocycles. The lowest BCUT2D eigenvalue weighted by Crippen LogP contribution is -2.50. The van der Waals surface area contributed by atoms with Crippen LogP contribution in [0.3, 0.4) is 0 Å². The van der Waals surface area contributed by atoms with Crippen molar-refractivity contribution in [2.45, 2.75) is 12.8 Å². The Balaban J connectivity index is 1.43. The molecule has 2 aliphatic rings. The van der Waals surface area contributed by atoms with Crippen molar-refractivity contribution in [3.63, 3.8) is 0 Å². The molecule has 0 aliphatic carbocycles. The van der Waals surface area contributed by atoms with E-state index >= 15 is 0 Å². The highest BCUT2D eigenvalue weighted by molar-refractivity contribution is 5.97. The lowest BCUT2D eigenvalue weighted by Gasteiger charge is -2.05. The average Bonchev–Trinajstić information content (AvgIpc) is 4.04. The van der Waals surface area contributed by atoms with Gasteiger partial charge < -0.3 is 15.7 Å². The minimum absolute atomic E-state index is 0.852. The van der Waals surface area contributed by atoms with Crippen molar-refractivity contribution in [3.8, 4) is 39.1 Å². The topological polar surface area (TPSA) is 130 Å². The summed E-state index contributed by atoms with van der Waals surface area (Å²) in [6.07, 6.45) is 26.2. The summed E-state index contributed by atoms with van der Waals surface area (Å²) in [5.74, 6) is 0. The van der Waals surface area contributed by atoms with Crippen molar-refractivity contribution in [1.29, 1.82) is 0 Å². The SMILES string of the molecule is [NH3+]CCCc1cc[n+](-c2c3nc(c(-c4cc[nH+]cc4)c4ccc([nH]4)c(-c4cc[nH+]cc4)c4nc(c(-c5ccncc5)c5ccc2[nH]5)C=C4)C=C3)cc1. The summed E-state index contributed by atoms with van der Waals surface area (Å²) < 4.78 is 2.16. The van der Waals surface area contributed by atoms with E-state index in [1.165, 1.54) is 5.56 Å². The standard InChI is InChI=1S/C43H34N9/c44-19-1-2-28-17-26-52(27-18-28)43-38-9-7-36(50-38)41(30-13-22-46-23-14-30)34-5-3-32(48-34)40(29-11-20-45-21-12-29)33-4-6-35(49-33)42(31-15-24-47-25-16-31)37-8-10-39(43)51-37/h3-18,20-27,48,51H,1-2,19,44H2/q+1/p+3. The van der Waals surface area contributed by atoms with Crippen molar-refractivity contribution in [2.24, 2.45) is 0 Å². The van der Waals surface area contributed by atoms with Crippen molar-refractivity contribution in [2.75, 3.05) is 6.54 Å². The van der Waals surface area contributed by atoms with Crippen LogP contribution in [0.15, 0.2) is 122 Å². The maximum absolute atomic E-state index is 5.37. The third kappa shape index (κ3) is 5.78. The average molecular weight is 680 g/mol. The van der Waals surface area contributed by atoms with Gasteiger partial charge in [0.05, 0.1) is 23.6 Å². The lowest BCUT2D eigenvalue weighted by molar-refractivity contribution is -0.594. The van der Waals surface area contributed by atoms with Crippen molar-refractivity contribution in [3.05, 3.63) is 151 Å². The highest BCUT2D eigenvalue weighted by Gasteiger charge is 2.22. The molecule has 0 atom stereocenters. The number of aromatic nitrogens is 8. The number of nitrogens with one attached hydrogen (secondary N) is 4. The van der Waals surface area contributed by atoms with Crippen LogP contribution in [0.5, 0.6) is 0 Å². The summed E-state index contributed by atoms with van der Waals surface area (Å²) >= 11 is 0. The molecule has 0 amide bonds. The number of fused-ring (bicyclic) bond motifs is 8. The minimum atomic E-state index is 0.852. The van der Waals surface area contributed by atoms with Gasteiger partial charge in [-0.15, -0.1) is 0 Å². The zero-order valence-corrected chi connectivity index (χ0v) is 28.5. The predicted octanol–water partition coefficient (Wildman–Crippen LogP) is 6.13. The molecule has 7 aromatic rings. The van der Waals surface area contributed by atoms with E-state index < -0.39 is 0 Å². The van der Waals surface area contributed by atoms with E-state index in [9.17, 15) is 0 Å². The van der Waals surface area contributed by atoms with Gasteiger partial charge in [0.2, 0.25) is 0 Å². The van der Waals surface area contributed by atoms with Crippen LogP contribution >= 0.6 is 0 Å². The zero-order valence-electron chi connectivity index (χ0n) is 28.5. The fourth-order valence-corrected chi connectivity index (χ4v) is 7.10. The molecule has 0 saturated carbocycles. The number of aryl methyl sites for hydroxylation is 1. The van der Waals surface area contributed by atoms with Crippen LogP contribution in [0, 0.1) is 0 Å². The molecule has 250 valence electrons. The number of nitrogens with zero attached hydrogens (tertiary/aromatic N) is 4. The summed E-state index contributed by atoms with van der Waals surface area (Å²) in [6.45, 7) is 0.915. The molecule has 0 saturated heterocycles. The molecular formula is C43H37N9+4. The minimum Gasteiger partial charge on any atom is -0.358 e. The van der Waals surface area contributed by atoms with Crippen LogP contribution in [-0.2, 0) is 6.42 Å².